The van der Waals surface area contributed by atoms with Crippen molar-refractivity contribution in [3.05, 3.63) is 46.4 Å². The quantitative estimate of drug-likeness (QED) is 0.584. The molecule has 0 unspecified atom stereocenters. The summed E-state index contributed by atoms with van der Waals surface area (Å²) in [4.78, 5) is 41.5. The molecule has 0 atom stereocenters. The molecule has 22 heavy (non-hydrogen) atoms. The van der Waals surface area contributed by atoms with E-state index in [4.69, 9.17) is 6.57 Å². The van der Waals surface area contributed by atoms with Crippen LogP contribution in [0.2, 0.25) is 0 Å². The lowest BCUT2D eigenvalue weighted by Gasteiger charge is -2.13. The summed E-state index contributed by atoms with van der Waals surface area (Å²) in [7, 11) is 0. The highest BCUT2D eigenvalue weighted by molar-refractivity contribution is 6.46. The van der Waals surface area contributed by atoms with E-state index in [1.54, 1.807) is 31.2 Å². The highest BCUT2D eigenvalue weighted by Crippen LogP contribution is 2.09. The predicted molar refractivity (Wildman–Crippen MR) is 78.3 cm³/mol. The van der Waals surface area contributed by atoms with E-state index >= 15 is 0 Å². The zero-order chi connectivity index (χ0) is 15.9. The van der Waals surface area contributed by atoms with Crippen LogP contribution in [-0.4, -0.2) is 22.8 Å². The van der Waals surface area contributed by atoms with Crippen LogP contribution >= 0.6 is 0 Å². The number of fused-ring (bicyclic) bond motifs is 1. The molecule has 108 valence electrons. The molecule has 1 fully saturated rings. The first-order chi connectivity index (χ1) is 10.5. The number of carbonyl (C=O) groups is 3. The molecule has 0 saturated carbocycles. The molecule has 3 rings (SSSR count). The molecule has 1 aliphatic heterocycles. The number of hydrogen-bond donors (Lipinski definition) is 3. The molecular weight excluding hydrogens is 284 g/mol. The summed E-state index contributed by atoms with van der Waals surface area (Å²) in [5.74, 6) is -1.54. The van der Waals surface area contributed by atoms with Gasteiger partial charge in [-0.2, -0.15) is 0 Å². The molecule has 7 heteroatoms. The summed E-state index contributed by atoms with van der Waals surface area (Å²) >= 11 is 0. The second-order valence-electron chi connectivity index (χ2n) is 4.73. The van der Waals surface area contributed by atoms with Crippen LogP contribution in [0.1, 0.15) is 6.92 Å². The van der Waals surface area contributed by atoms with Gasteiger partial charge in [0.2, 0.25) is 0 Å². The maximum Gasteiger partial charge on any atom is 0.328 e. The molecule has 0 bridgehead atoms. The number of rotatable bonds is 0. The number of nitrogens with zero attached hydrogens (tertiary/aromatic N) is 1. The summed E-state index contributed by atoms with van der Waals surface area (Å²) in [6.07, 6.45) is 0. The van der Waals surface area contributed by atoms with E-state index in [1.165, 1.54) is 0 Å². The van der Waals surface area contributed by atoms with Gasteiger partial charge in [0.15, 0.2) is 5.70 Å². The molecule has 0 spiro atoms. The lowest BCUT2D eigenvalue weighted by atomic mass is 10.1. The number of aromatic amines is 1. The van der Waals surface area contributed by atoms with E-state index in [0.717, 1.165) is 5.39 Å². The number of barbiturate groups is 1. The number of aromatic nitrogens is 1. The summed E-state index contributed by atoms with van der Waals surface area (Å²) in [6, 6.07) is 6.26. The van der Waals surface area contributed by atoms with Gasteiger partial charge in [0.25, 0.3) is 11.8 Å². The highest BCUT2D eigenvalue weighted by Gasteiger charge is 2.29. The zero-order valence-electron chi connectivity index (χ0n) is 11.5. The summed E-state index contributed by atoms with van der Waals surface area (Å²) in [5, 5.41) is 6.28. The van der Waals surface area contributed by atoms with E-state index in [1.807, 2.05) is 10.6 Å². The van der Waals surface area contributed by atoms with Gasteiger partial charge in [-0.05, 0) is 12.3 Å². The molecule has 1 aromatic carbocycles. The average Bonchev–Trinajstić information content (AvgIpc) is 2.85. The summed E-state index contributed by atoms with van der Waals surface area (Å²) in [5.41, 5.74) is 0.232. The van der Waals surface area contributed by atoms with E-state index in [0.29, 0.717) is 16.4 Å². The van der Waals surface area contributed by atoms with Crippen LogP contribution in [0.5, 0.6) is 0 Å². The monoisotopic (exact) mass is 294 g/mol. The van der Waals surface area contributed by atoms with Crippen molar-refractivity contribution in [2.75, 3.05) is 0 Å². The fourth-order valence-corrected chi connectivity index (χ4v) is 2.41. The lowest BCUT2D eigenvalue weighted by Crippen LogP contribution is -2.52. The summed E-state index contributed by atoms with van der Waals surface area (Å²) < 4.78 is 0. The Balaban J connectivity index is 2.51. The molecule has 7 nitrogen and oxygen atoms in total. The number of amides is 4. The van der Waals surface area contributed by atoms with E-state index in [-0.39, 0.29) is 10.9 Å². The van der Waals surface area contributed by atoms with Gasteiger partial charge in [-0.1, -0.05) is 24.3 Å². The largest absolute Gasteiger partial charge is 0.363 e. The molecule has 1 aromatic heterocycles. The van der Waals surface area contributed by atoms with Gasteiger partial charge in [-0.25, -0.2) is 9.64 Å². The first-order valence-corrected chi connectivity index (χ1v) is 6.39. The Bertz CT molecular complexity index is 986. The Kier molecular flexibility index (Phi) is 3.00. The van der Waals surface area contributed by atoms with Crippen molar-refractivity contribution in [3.8, 4) is 0 Å². The van der Waals surface area contributed by atoms with Crippen LogP contribution in [0.15, 0.2) is 24.3 Å². The van der Waals surface area contributed by atoms with Gasteiger partial charge in [0, 0.05) is 10.7 Å². The number of imide groups is 2. The van der Waals surface area contributed by atoms with Crippen LogP contribution < -0.4 is 21.3 Å². The number of urea groups is 1. The molecule has 1 aliphatic rings. The Morgan fingerprint density at radius 2 is 1.64 bits per heavy atom. The third-order valence-electron chi connectivity index (χ3n) is 3.40. The SMILES string of the molecule is [C-]#[N+]/C(C)=c1/[nH]c(=C2C(=O)NC(=O)NC2=O)c2ccccc12. The van der Waals surface area contributed by atoms with Gasteiger partial charge in [-0.15, -0.1) is 0 Å². The fourth-order valence-electron chi connectivity index (χ4n) is 2.41. The minimum Gasteiger partial charge on any atom is -0.363 e. The van der Waals surface area contributed by atoms with Crippen molar-refractivity contribution in [2.45, 2.75) is 6.92 Å². The fraction of sp³-hybridized carbons (Fsp3) is 0.0667. The standard InChI is InChI=1S/C15H10N4O3/c1-7(16-2)11-8-5-3-4-6-9(8)12(17-11)10-13(20)18-15(22)19-14(10)21/h3-6,17H,1H3,(H2,18,19,20,21,22)/b11-7+. The van der Waals surface area contributed by atoms with Crippen LogP contribution in [-0.2, 0) is 9.59 Å². The van der Waals surface area contributed by atoms with Crippen molar-refractivity contribution < 1.29 is 14.4 Å². The van der Waals surface area contributed by atoms with Crippen molar-refractivity contribution in [2.24, 2.45) is 0 Å². The number of nitrogens with one attached hydrogen (secondary N) is 3. The van der Waals surface area contributed by atoms with Crippen LogP contribution in [0.3, 0.4) is 0 Å². The van der Waals surface area contributed by atoms with E-state index in [9.17, 15) is 14.4 Å². The Morgan fingerprint density at radius 1 is 1.05 bits per heavy atom. The summed E-state index contributed by atoms with van der Waals surface area (Å²) in [6.45, 7) is 8.78. The van der Waals surface area contributed by atoms with Crippen LogP contribution in [0.4, 0.5) is 4.79 Å². The van der Waals surface area contributed by atoms with Gasteiger partial charge in [-0.3, -0.25) is 20.2 Å². The molecule has 1 saturated heterocycles. The molecule has 0 radical (unpaired) electrons. The smallest absolute Gasteiger partial charge is 0.328 e. The molecule has 0 aliphatic carbocycles. The number of benzene rings is 1. The van der Waals surface area contributed by atoms with E-state index in [2.05, 4.69) is 9.83 Å². The average molecular weight is 294 g/mol. The van der Waals surface area contributed by atoms with Gasteiger partial charge < -0.3 is 4.98 Å². The van der Waals surface area contributed by atoms with Crippen molar-refractivity contribution in [1.29, 1.82) is 0 Å². The maximum atomic E-state index is 12.0. The molecule has 3 N–H and O–H groups in total. The molecule has 2 heterocycles. The van der Waals surface area contributed by atoms with Crippen molar-refractivity contribution >= 4 is 39.9 Å². The van der Waals surface area contributed by atoms with Crippen LogP contribution in [0.25, 0.3) is 26.9 Å². The minimum absolute atomic E-state index is 0.181. The van der Waals surface area contributed by atoms with Crippen LogP contribution in [0, 0.1) is 6.57 Å². The third kappa shape index (κ3) is 1.94. The van der Waals surface area contributed by atoms with Gasteiger partial charge in [0.05, 0.1) is 11.9 Å². The Morgan fingerprint density at radius 3 is 2.23 bits per heavy atom. The van der Waals surface area contributed by atoms with Gasteiger partial charge in [0.1, 0.15) is 5.57 Å². The second-order valence-corrected chi connectivity index (χ2v) is 4.73. The Hall–Kier alpha value is -3.40. The normalized spacial score (nSPS) is 16.2. The van der Waals surface area contributed by atoms with E-state index < -0.39 is 17.8 Å². The first kappa shape index (κ1) is 13.6. The van der Waals surface area contributed by atoms with Crippen molar-refractivity contribution in [1.82, 2.24) is 15.6 Å². The molecule has 4 amide bonds. The molecule has 2 aromatic rings. The highest BCUT2D eigenvalue weighted by atomic mass is 16.2. The Labute approximate surface area is 124 Å². The zero-order valence-corrected chi connectivity index (χ0v) is 11.5. The van der Waals surface area contributed by atoms with Crippen molar-refractivity contribution in [3.63, 3.8) is 0 Å². The topological polar surface area (TPSA) is 95.4 Å². The maximum absolute atomic E-state index is 12.0. The number of H-pyrrole nitrogens is 1. The third-order valence-corrected chi connectivity index (χ3v) is 3.40. The lowest BCUT2D eigenvalue weighted by molar-refractivity contribution is -0.121. The number of hydrogen-bond acceptors (Lipinski definition) is 3. The second kappa shape index (κ2) is 4.86. The minimum atomic E-state index is -0.848. The number of carbonyl (C=O) groups excluding carboxylic acids is 3. The predicted octanol–water partition coefficient (Wildman–Crippen LogP) is -0.268. The first-order valence-electron chi connectivity index (χ1n) is 6.39. The molecular formula is C15H10N4O3. The van der Waals surface area contributed by atoms with Gasteiger partial charge >= 0.3 is 6.03 Å².